The van der Waals surface area contributed by atoms with Crippen LogP contribution in [-0.4, -0.2) is 46.8 Å². The predicted molar refractivity (Wildman–Crippen MR) is 97.4 cm³/mol. The standard InChI is InChI=1S/C21H25NO3/c23-19-12-14-22(13-11-17-7-3-1-4-8-17)16-21(19,20(24)25)15-18-9-5-2-6-10-18/h1-10,19,23H,11-16H2,(H,24,25)/t19-,21-/m0/s1. The Kier molecular flexibility index (Phi) is 5.51. The lowest BCUT2D eigenvalue weighted by molar-refractivity contribution is -0.163. The number of carbonyl (C=O) groups is 1. The fourth-order valence-corrected chi connectivity index (χ4v) is 3.71. The van der Waals surface area contributed by atoms with Gasteiger partial charge in [-0.05, 0) is 30.4 Å². The van der Waals surface area contributed by atoms with Crippen molar-refractivity contribution in [3.8, 4) is 0 Å². The predicted octanol–water partition coefficient (Wildman–Crippen LogP) is 2.61. The van der Waals surface area contributed by atoms with E-state index in [0.29, 0.717) is 19.4 Å². The summed E-state index contributed by atoms with van der Waals surface area (Å²) in [4.78, 5) is 14.3. The molecule has 25 heavy (non-hydrogen) atoms. The zero-order valence-electron chi connectivity index (χ0n) is 14.3. The highest BCUT2D eigenvalue weighted by atomic mass is 16.4. The molecule has 0 amide bonds. The van der Waals surface area contributed by atoms with E-state index in [9.17, 15) is 15.0 Å². The molecule has 2 N–H and O–H groups in total. The van der Waals surface area contributed by atoms with Crippen LogP contribution in [0.5, 0.6) is 0 Å². The summed E-state index contributed by atoms with van der Waals surface area (Å²) in [7, 11) is 0. The zero-order valence-corrected chi connectivity index (χ0v) is 14.3. The smallest absolute Gasteiger partial charge is 0.313 e. The Balaban J connectivity index is 1.73. The van der Waals surface area contributed by atoms with Crippen molar-refractivity contribution in [2.45, 2.75) is 25.4 Å². The Morgan fingerprint density at radius 1 is 1.04 bits per heavy atom. The largest absolute Gasteiger partial charge is 0.481 e. The van der Waals surface area contributed by atoms with Crippen LogP contribution < -0.4 is 0 Å². The molecule has 1 saturated heterocycles. The molecule has 2 aromatic rings. The van der Waals surface area contributed by atoms with Crippen LogP contribution in [0.3, 0.4) is 0 Å². The molecule has 0 bridgehead atoms. The third-order valence-electron chi connectivity index (χ3n) is 5.21. The second-order valence-electron chi connectivity index (χ2n) is 6.94. The van der Waals surface area contributed by atoms with Gasteiger partial charge in [0.1, 0.15) is 5.41 Å². The maximum atomic E-state index is 12.1. The molecule has 2 aromatic carbocycles. The van der Waals surface area contributed by atoms with Crippen LogP contribution in [-0.2, 0) is 17.6 Å². The van der Waals surface area contributed by atoms with Crippen molar-refractivity contribution in [2.24, 2.45) is 5.41 Å². The van der Waals surface area contributed by atoms with Crippen molar-refractivity contribution in [2.75, 3.05) is 19.6 Å². The number of piperidine rings is 1. The van der Waals surface area contributed by atoms with Crippen LogP contribution in [0, 0.1) is 5.41 Å². The lowest BCUT2D eigenvalue weighted by Crippen LogP contribution is -2.57. The van der Waals surface area contributed by atoms with Gasteiger partial charge in [0.2, 0.25) is 0 Å². The number of carboxylic acids is 1. The Hall–Kier alpha value is -2.17. The molecule has 1 aliphatic rings. The summed E-state index contributed by atoms with van der Waals surface area (Å²) in [6.45, 7) is 1.92. The van der Waals surface area contributed by atoms with Crippen LogP contribution in [0.25, 0.3) is 0 Å². The molecular weight excluding hydrogens is 314 g/mol. The number of likely N-dealkylation sites (tertiary alicyclic amines) is 1. The van der Waals surface area contributed by atoms with Gasteiger partial charge in [0.15, 0.2) is 0 Å². The van der Waals surface area contributed by atoms with Crippen LogP contribution >= 0.6 is 0 Å². The van der Waals surface area contributed by atoms with E-state index in [1.165, 1.54) is 5.56 Å². The quantitative estimate of drug-likeness (QED) is 0.849. The molecule has 4 heteroatoms. The first-order valence-corrected chi connectivity index (χ1v) is 8.82. The minimum atomic E-state index is -1.14. The van der Waals surface area contributed by atoms with Gasteiger partial charge >= 0.3 is 5.97 Å². The van der Waals surface area contributed by atoms with Gasteiger partial charge in [-0.1, -0.05) is 60.7 Å². The van der Waals surface area contributed by atoms with E-state index in [2.05, 4.69) is 17.0 Å². The third-order valence-corrected chi connectivity index (χ3v) is 5.21. The average molecular weight is 339 g/mol. The Morgan fingerprint density at radius 3 is 2.24 bits per heavy atom. The first-order valence-electron chi connectivity index (χ1n) is 8.82. The lowest BCUT2D eigenvalue weighted by Gasteiger charge is -2.43. The van der Waals surface area contributed by atoms with Gasteiger partial charge < -0.3 is 15.1 Å². The maximum Gasteiger partial charge on any atom is 0.313 e. The van der Waals surface area contributed by atoms with Crippen molar-refractivity contribution in [3.63, 3.8) is 0 Å². The molecule has 132 valence electrons. The van der Waals surface area contributed by atoms with E-state index < -0.39 is 17.5 Å². The number of hydrogen-bond donors (Lipinski definition) is 2. The SMILES string of the molecule is O=C(O)[C@@]1(Cc2ccccc2)CN(CCc2ccccc2)CC[C@@H]1O. The molecule has 0 saturated carbocycles. The fraction of sp³-hybridized carbons (Fsp3) is 0.381. The number of aliphatic hydroxyl groups excluding tert-OH is 1. The molecule has 0 aliphatic carbocycles. The maximum absolute atomic E-state index is 12.1. The van der Waals surface area contributed by atoms with Gasteiger partial charge in [0.25, 0.3) is 0 Å². The zero-order chi connectivity index (χ0) is 17.7. The molecule has 1 aliphatic heterocycles. The lowest BCUT2D eigenvalue weighted by atomic mass is 9.73. The number of hydrogen-bond acceptors (Lipinski definition) is 3. The Bertz CT molecular complexity index is 689. The molecule has 0 spiro atoms. The molecule has 4 nitrogen and oxygen atoms in total. The summed E-state index contributed by atoms with van der Waals surface area (Å²) in [5.74, 6) is -0.909. The van der Waals surface area contributed by atoms with E-state index >= 15 is 0 Å². The minimum absolute atomic E-state index is 0.353. The molecule has 0 unspecified atom stereocenters. The Morgan fingerprint density at radius 2 is 1.64 bits per heavy atom. The summed E-state index contributed by atoms with van der Waals surface area (Å²) in [6, 6.07) is 19.8. The van der Waals surface area contributed by atoms with Crippen LogP contribution in [0.4, 0.5) is 0 Å². The van der Waals surface area contributed by atoms with Crippen molar-refractivity contribution in [1.29, 1.82) is 0 Å². The third kappa shape index (κ3) is 4.09. The van der Waals surface area contributed by atoms with E-state index in [4.69, 9.17) is 0 Å². The summed E-state index contributed by atoms with van der Waals surface area (Å²) in [5, 5.41) is 20.5. The summed E-state index contributed by atoms with van der Waals surface area (Å²) < 4.78 is 0. The molecule has 0 aromatic heterocycles. The second kappa shape index (κ2) is 7.81. The molecule has 2 atom stereocenters. The molecular formula is C21H25NO3. The summed E-state index contributed by atoms with van der Waals surface area (Å²) in [6.07, 6.45) is 0.913. The van der Waals surface area contributed by atoms with Crippen LogP contribution in [0.1, 0.15) is 17.5 Å². The topological polar surface area (TPSA) is 60.8 Å². The van der Waals surface area contributed by atoms with Crippen molar-refractivity contribution >= 4 is 5.97 Å². The monoisotopic (exact) mass is 339 g/mol. The highest BCUT2D eigenvalue weighted by Crippen LogP contribution is 2.34. The second-order valence-corrected chi connectivity index (χ2v) is 6.94. The van der Waals surface area contributed by atoms with E-state index in [0.717, 1.165) is 25.1 Å². The van der Waals surface area contributed by atoms with E-state index in [1.807, 2.05) is 48.5 Å². The van der Waals surface area contributed by atoms with Crippen molar-refractivity contribution < 1.29 is 15.0 Å². The highest BCUT2D eigenvalue weighted by molar-refractivity contribution is 5.76. The van der Waals surface area contributed by atoms with Gasteiger partial charge in [-0.2, -0.15) is 0 Å². The number of rotatable bonds is 6. The van der Waals surface area contributed by atoms with Gasteiger partial charge in [0.05, 0.1) is 6.10 Å². The number of nitrogens with zero attached hydrogens (tertiary/aromatic N) is 1. The van der Waals surface area contributed by atoms with Gasteiger partial charge in [-0.25, -0.2) is 0 Å². The fourth-order valence-electron chi connectivity index (χ4n) is 3.71. The van der Waals surface area contributed by atoms with E-state index in [-0.39, 0.29) is 0 Å². The van der Waals surface area contributed by atoms with Crippen molar-refractivity contribution in [3.05, 3.63) is 71.8 Å². The first kappa shape index (κ1) is 17.6. The molecule has 3 rings (SSSR count). The molecule has 1 heterocycles. The average Bonchev–Trinajstić information content (AvgIpc) is 2.64. The highest BCUT2D eigenvalue weighted by Gasteiger charge is 2.49. The number of carboxylic acid groups (broad SMARTS) is 1. The normalized spacial score (nSPS) is 24.1. The number of aliphatic hydroxyl groups is 1. The number of aliphatic carboxylic acids is 1. The van der Waals surface area contributed by atoms with Crippen LogP contribution in [0.15, 0.2) is 60.7 Å². The summed E-state index contributed by atoms with van der Waals surface area (Å²) >= 11 is 0. The van der Waals surface area contributed by atoms with E-state index in [1.54, 1.807) is 0 Å². The van der Waals surface area contributed by atoms with Gasteiger partial charge in [-0.15, -0.1) is 0 Å². The van der Waals surface area contributed by atoms with Gasteiger partial charge in [0, 0.05) is 19.6 Å². The Labute approximate surface area is 148 Å². The molecule has 1 fully saturated rings. The number of benzene rings is 2. The molecule has 0 radical (unpaired) electrons. The van der Waals surface area contributed by atoms with Crippen molar-refractivity contribution in [1.82, 2.24) is 4.90 Å². The van der Waals surface area contributed by atoms with Crippen LogP contribution in [0.2, 0.25) is 0 Å². The minimum Gasteiger partial charge on any atom is -0.481 e. The van der Waals surface area contributed by atoms with Gasteiger partial charge in [-0.3, -0.25) is 4.79 Å². The first-order chi connectivity index (χ1) is 12.1. The summed E-state index contributed by atoms with van der Waals surface area (Å²) in [5.41, 5.74) is 1.06.